The molecular weight excluding hydrogens is 234 g/mol. The Kier molecular flexibility index (Phi) is 5.37. The van der Waals surface area contributed by atoms with Gasteiger partial charge in [-0.3, -0.25) is 4.79 Å². The first-order chi connectivity index (χ1) is 7.13. The van der Waals surface area contributed by atoms with Crippen LogP contribution in [0, 0.1) is 0 Å². The zero-order valence-corrected chi connectivity index (χ0v) is 10.9. The first-order valence-corrected chi connectivity index (χ1v) is 6.27. The van der Waals surface area contributed by atoms with Crippen molar-refractivity contribution in [1.82, 2.24) is 4.31 Å². The molecule has 16 heavy (non-hydrogen) atoms. The quantitative estimate of drug-likeness (QED) is 0.728. The number of carbonyl (C=O) groups is 1. The summed E-state index contributed by atoms with van der Waals surface area (Å²) in [6.07, 6.45) is 0. The van der Waals surface area contributed by atoms with E-state index in [1.807, 2.05) is 0 Å². The lowest BCUT2D eigenvalue weighted by atomic mass is 10.3. The normalized spacial score (nSPS) is 13.1. The number of hydrogen-bond donors (Lipinski definition) is 1. The molecule has 0 saturated carbocycles. The van der Waals surface area contributed by atoms with Gasteiger partial charge in [0.1, 0.15) is 6.54 Å². The van der Waals surface area contributed by atoms with Gasteiger partial charge >= 0.3 is 5.97 Å². The second-order valence-corrected chi connectivity index (χ2v) is 7.03. The van der Waals surface area contributed by atoms with Gasteiger partial charge in [0.25, 0.3) is 0 Å². The highest BCUT2D eigenvalue weighted by Crippen LogP contribution is 2.19. The molecule has 0 aliphatic rings. The lowest BCUT2D eigenvalue weighted by Crippen LogP contribution is -2.46. The fraction of sp³-hybridized carbons (Fsp3) is 0.889. The molecule has 0 saturated heterocycles. The smallest absolute Gasteiger partial charge is 0.318 e. The van der Waals surface area contributed by atoms with Crippen molar-refractivity contribution in [3.8, 4) is 0 Å². The maximum Gasteiger partial charge on any atom is 0.318 e. The minimum absolute atomic E-state index is 0.0441. The Morgan fingerprint density at radius 3 is 2.19 bits per heavy atom. The minimum Gasteiger partial charge on any atom is -0.480 e. The van der Waals surface area contributed by atoms with E-state index >= 15 is 0 Å². The number of hydrogen-bond acceptors (Lipinski definition) is 4. The molecular formula is C9H19NO5S. The second kappa shape index (κ2) is 5.60. The number of nitrogens with zero attached hydrogens (tertiary/aromatic N) is 1. The van der Waals surface area contributed by atoms with E-state index in [4.69, 9.17) is 9.84 Å². The van der Waals surface area contributed by atoms with Crippen LogP contribution in [0.15, 0.2) is 0 Å². The summed E-state index contributed by atoms with van der Waals surface area (Å²) in [5.74, 6) is -1.18. The van der Waals surface area contributed by atoms with Gasteiger partial charge < -0.3 is 9.84 Å². The minimum atomic E-state index is -3.63. The molecule has 6 nitrogen and oxygen atoms in total. The maximum atomic E-state index is 12.0. The predicted molar refractivity (Wildman–Crippen MR) is 59.8 cm³/mol. The number of carboxylic acids is 1. The van der Waals surface area contributed by atoms with Gasteiger partial charge in [-0.25, -0.2) is 8.42 Å². The van der Waals surface area contributed by atoms with E-state index in [9.17, 15) is 13.2 Å². The summed E-state index contributed by atoms with van der Waals surface area (Å²) in [5, 5.41) is 8.67. The molecule has 7 heteroatoms. The summed E-state index contributed by atoms with van der Waals surface area (Å²) in [4.78, 5) is 10.6. The zero-order valence-electron chi connectivity index (χ0n) is 10.1. The third kappa shape index (κ3) is 4.07. The molecule has 0 bridgehead atoms. The highest BCUT2D eigenvalue weighted by Gasteiger charge is 2.35. The van der Waals surface area contributed by atoms with Crippen LogP contribution >= 0.6 is 0 Å². The second-order valence-electron chi connectivity index (χ2n) is 4.34. The maximum absolute atomic E-state index is 12.0. The lowest BCUT2D eigenvalue weighted by molar-refractivity contribution is -0.137. The van der Waals surface area contributed by atoms with Gasteiger partial charge in [0.05, 0.1) is 11.4 Å². The fourth-order valence-corrected chi connectivity index (χ4v) is 2.39. The van der Waals surface area contributed by atoms with Crippen molar-refractivity contribution in [2.24, 2.45) is 0 Å². The Morgan fingerprint density at radius 2 is 1.88 bits per heavy atom. The van der Waals surface area contributed by atoms with Crippen LogP contribution in [0.5, 0.6) is 0 Å². The van der Waals surface area contributed by atoms with Crippen LogP contribution in [0.25, 0.3) is 0 Å². The molecule has 0 aliphatic heterocycles. The van der Waals surface area contributed by atoms with Crippen LogP contribution in [0.2, 0.25) is 0 Å². The Bertz CT molecular complexity index is 330. The number of carboxylic acid groups (broad SMARTS) is 1. The SMILES string of the molecule is COCCN(CC(=O)O)S(=O)(=O)C(C)(C)C. The third-order valence-corrected chi connectivity index (χ3v) is 4.51. The van der Waals surface area contributed by atoms with Crippen LogP contribution in [0.4, 0.5) is 0 Å². The third-order valence-electron chi connectivity index (χ3n) is 1.97. The molecule has 0 unspecified atom stereocenters. The average molecular weight is 253 g/mol. The van der Waals surface area contributed by atoms with E-state index in [1.54, 1.807) is 0 Å². The molecule has 0 aromatic carbocycles. The van der Waals surface area contributed by atoms with Crippen LogP contribution < -0.4 is 0 Å². The number of methoxy groups -OCH3 is 1. The van der Waals surface area contributed by atoms with Crippen molar-refractivity contribution in [3.05, 3.63) is 0 Å². The summed E-state index contributed by atoms with van der Waals surface area (Å²) in [5.41, 5.74) is 0. The first kappa shape index (κ1) is 15.3. The summed E-state index contributed by atoms with van der Waals surface area (Å²) in [6.45, 7) is 4.27. The highest BCUT2D eigenvalue weighted by atomic mass is 32.2. The summed E-state index contributed by atoms with van der Waals surface area (Å²) in [6, 6.07) is 0. The Balaban J connectivity index is 4.95. The van der Waals surface area contributed by atoms with Crippen molar-refractivity contribution in [1.29, 1.82) is 0 Å². The van der Waals surface area contributed by atoms with Crippen LogP contribution in [-0.4, -0.2) is 55.4 Å². The molecule has 1 N–H and O–H groups in total. The molecule has 96 valence electrons. The van der Waals surface area contributed by atoms with E-state index in [1.165, 1.54) is 27.9 Å². The molecule has 0 amide bonds. The Labute approximate surface area is 96.2 Å². The summed E-state index contributed by atoms with van der Waals surface area (Å²) in [7, 11) is -2.20. The topological polar surface area (TPSA) is 83.9 Å². The standard InChI is InChI=1S/C9H19NO5S/c1-9(2,3)16(13,14)10(5-6-15-4)7-8(11)12/h5-7H2,1-4H3,(H,11,12). The average Bonchev–Trinajstić information content (AvgIpc) is 2.09. The van der Waals surface area contributed by atoms with Gasteiger partial charge in [-0.2, -0.15) is 4.31 Å². The summed E-state index contributed by atoms with van der Waals surface area (Å²) < 4.78 is 28.7. The van der Waals surface area contributed by atoms with Gasteiger partial charge in [0, 0.05) is 13.7 Å². The van der Waals surface area contributed by atoms with E-state index in [0.29, 0.717) is 0 Å². The van der Waals surface area contributed by atoms with Crippen molar-refractivity contribution in [3.63, 3.8) is 0 Å². The van der Waals surface area contributed by atoms with Gasteiger partial charge in [-0.05, 0) is 20.8 Å². The molecule has 0 aromatic rings. The van der Waals surface area contributed by atoms with Crippen LogP contribution in [-0.2, 0) is 19.6 Å². The van der Waals surface area contributed by atoms with E-state index in [0.717, 1.165) is 4.31 Å². The lowest BCUT2D eigenvalue weighted by Gasteiger charge is -2.28. The van der Waals surface area contributed by atoms with Gasteiger partial charge in [0.2, 0.25) is 10.0 Å². The predicted octanol–water partition coefficient (Wildman–Crippen LogP) is 0.148. The largest absolute Gasteiger partial charge is 0.480 e. The number of sulfonamides is 1. The number of aliphatic carboxylic acids is 1. The van der Waals surface area contributed by atoms with Gasteiger partial charge in [0.15, 0.2) is 0 Å². The van der Waals surface area contributed by atoms with E-state index in [2.05, 4.69) is 0 Å². The Morgan fingerprint density at radius 1 is 1.38 bits per heavy atom. The van der Waals surface area contributed by atoms with Gasteiger partial charge in [-0.1, -0.05) is 0 Å². The molecule has 0 spiro atoms. The van der Waals surface area contributed by atoms with Crippen molar-refractivity contribution < 1.29 is 23.1 Å². The Hall–Kier alpha value is -0.660. The van der Waals surface area contributed by atoms with E-state index < -0.39 is 27.3 Å². The zero-order chi connectivity index (χ0) is 13.0. The summed E-state index contributed by atoms with van der Waals surface area (Å²) >= 11 is 0. The highest BCUT2D eigenvalue weighted by molar-refractivity contribution is 7.90. The first-order valence-electron chi connectivity index (χ1n) is 4.83. The van der Waals surface area contributed by atoms with Crippen LogP contribution in [0.3, 0.4) is 0 Å². The fourth-order valence-electron chi connectivity index (χ4n) is 1.02. The van der Waals surface area contributed by atoms with Crippen molar-refractivity contribution in [2.75, 3.05) is 26.8 Å². The molecule has 0 aliphatic carbocycles. The van der Waals surface area contributed by atoms with Crippen LogP contribution in [0.1, 0.15) is 20.8 Å². The van der Waals surface area contributed by atoms with E-state index in [-0.39, 0.29) is 13.2 Å². The molecule has 0 rings (SSSR count). The molecule has 0 heterocycles. The number of rotatable bonds is 6. The monoisotopic (exact) mass is 253 g/mol. The van der Waals surface area contributed by atoms with Crippen molar-refractivity contribution in [2.45, 2.75) is 25.5 Å². The molecule has 0 fully saturated rings. The number of ether oxygens (including phenoxy) is 1. The molecule has 0 radical (unpaired) electrons. The van der Waals surface area contributed by atoms with Crippen molar-refractivity contribution >= 4 is 16.0 Å². The molecule has 0 aromatic heterocycles. The molecule has 0 atom stereocenters. The van der Waals surface area contributed by atoms with Gasteiger partial charge in [-0.15, -0.1) is 0 Å².